The SMILES string of the molecule is COc1ccc2cc(C(C)C(=O)C3=C(O)C(CCc4ccccc4)=NC3=O)ccc2c1. The number of fused-ring (bicyclic) bond motifs is 1. The molecule has 0 saturated heterocycles. The number of methoxy groups -OCH3 is 1. The van der Waals surface area contributed by atoms with Crippen LogP contribution < -0.4 is 4.74 Å². The number of allylic oxidation sites excluding steroid dienone is 1. The molecule has 0 aliphatic carbocycles. The van der Waals surface area contributed by atoms with Gasteiger partial charge in [0.1, 0.15) is 11.3 Å². The average molecular weight is 413 g/mol. The van der Waals surface area contributed by atoms with Gasteiger partial charge in [-0.25, -0.2) is 4.99 Å². The predicted molar refractivity (Wildman–Crippen MR) is 121 cm³/mol. The highest BCUT2D eigenvalue weighted by atomic mass is 16.5. The molecule has 1 heterocycles. The van der Waals surface area contributed by atoms with Gasteiger partial charge in [-0.3, -0.25) is 9.59 Å². The summed E-state index contributed by atoms with van der Waals surface area (Å²) in [6.07, 6.45) is 1.02. The first-order chi connectivity index (χ1) is 15.0. The lowest BCUT2D eigenvalue weighted by Crippen LogP contribution is -2.17. The van der Waals surface area contributed by atoms with Crippen LogP contribution in [0.2, 0.25) is 0 Å². The predicted octanol–water partition coefficient (Wildman–Crippen LogP) is 4.95. The van der Waals surface area contributed by atoms with Gasteiger partial charge in [0, 0.05) is 5.92 Å². The fraction of sp³-hybridized carbons (Fsp3) is 0.192. The minimum atomic E-state index is -0.664. The van der Waals surface area contributed by atoms with E-state index in [1.54, 1.807) is 14.0 Å². The molecule has 3 aromatic rings. The lowest BCUT2D eigenvalue weighted by molar-refractivity contribution is -0.121. The normalized spacial score (nSPS) is 14.6. The topological polar surface area (TPSA) is 76.0 Å². The van der Waals surface area contributed by atoms with Crippen molar-refractivity contribution in [2.75, 3.05) is 7.11 Å². The Kier molecular flexibility index (Phi) is 5.67. The summed E-state index contributed by atoms with van der Waals surface area (Å²) < 4.78 is 5.25. The number of aliphatic hydroxyl groups excluding tert-OH is 1. The van der Waals surface area contributed by atoms with E-state index in [2.05, 4.69) is 4.99 Å². The molecule has 5 heteroatoms. The summed E-state index contributed by atoms with van der Waals surface area (Å²) in [7, 11) is 1.62. The second-order valence-corrected chi connectivity index (χ2v) is 7.63. The van der Waals surface area contributed by atoms with Crippen molar-refractivity contribution in [3.05, 3.63) is 89.2 Å². The number of ether oxygens (including phenoxy) is 1. The van der Waals surface area contributed by atoms with Crippen molar-refractivity contribution in [1.29, 1.82) is 0 Å². The molecule has 1 aliphatic rings. The minimum absolute atomic E-state index is 0.217. The van der Waals surface area contributed by atoms with Crippen LogP contribution in [0.4, 0.5) is 0 Å². The fourth-order valence-electron chi connectivity index (χ4n) is 3.79. The van der Waals surface area contributed by atoms with E-state index in [9.17, 15) is 14.7 Å². The maximum absolute atomic E-state index is 13.1. The summed E-state index contributed by atoms with van der Waals surface area (Å²) in [5.74, 6) is -1.20. The van der Waals surface area contributed by atoms with E-state index >= 15 is 0 Å². The quantitative estimate of drug-likeness (QED) is 0.556. The van der Waals surface area contributed by atoms with Gasteiger partial charge in [0.2, 0.25) is 0 Å². The number of nitrogens with zero attached hydrogens (tertiary/aromatic N) is 1. The first kappa shape index (κ1) is 20.5. The first-order valence-corrected chi connectivity index (χ1v) is 10.2. The Morgan fingerprint density at radius 3 is 2.45 bits per heavy atom. The fourth-order valence-corrected chi connectivity index (χ4v) is 3.79. The second-order valence-electron chi connectivity index (χ2n) is 7.63. The maximum atomic E-state index is 13.1. The zero-order valence-corrected chi connectivity index (χ0v) is 17.5. The summed E-state index contributed by atoms with van der Waals surface area (Å²) in [5, 5.41) is 12.5. The van der Waals surface area contributed by atoms with Crippen molar-refractivity contribution >= 4 is 28.2 Å². The van der Waals surface area contributed by atoms with Gasteiger partial charge in [-0.15, -0.1) is 0 Å². The van der Waals surface area contributed by atoms with Crippen LogP contribution in [0.5, 0.6) is 5.75 Å². The van der Waals surface area contributed by atoms with Crippen molar-refractivity contribution in [2.24, 2.45) is 4.99 Å². The van der Waals surface area contributed by atoms with Crippen molar-refractivity contribution in [1.82, 2.24) is 0 Å². The number of hydrogen-bond acceptors (Lipinski definition) is 4. The van der Waals surface area contributed by atoms with Crippen LogP contribution in [0.25, 0.3) is 10.8 Å². The molecule has 4 rings (SSSR count). The number of rotatable bonds is 7. The highest BCUT2D eigenvalue weighted by Crippen LogP contribution is 2.29. The molecular weight excluding hydrogens is 390 g/mol. The van der Waals surface area contributed by atoms with Gasteiger partial charge >= 0.3 is 0 Å². The third-order valence-electron chi connectivity index (χ3n) is 5.66. The number of carbonyl (C=O) groups excluding carboxylic acids is 2. The van der Waals surface area contributed by atoms with Crippen LogP contribution in [-0.2, 0) is 16.0 Å². The van der Waals surface area contributed by atoms with E-state index in [-0.39, 0.29) is 17.0 Å². The number of benzene rings is 3. The summed E-state index contributed by atoms with van der Waals surface area (Å²) in [4.78, 5) is 29.5. The number of amides is 1. The number of aliphatic hydroxyl groups is 1. The van der Waals surface area contributed by atoms with E-state index in [0.717, 1.165) is 27.6 Å². The first-order valence-electron chi connectivity index (χ1n) is 10.2. The third-order valence-corrected chi connectivity index (χ3v) is 5.66. The van der Waals surface area contributed by atoms with Crippen molar-refractivity contribution in [3.63, 3.8) is 0 Å². The Labute approximate surface area is 180 Å². The molecule has 0 bridgehead atoms. The van der Waals surface area contributed by atoms with Crippen molar-refractivity contribution < 1.29 is 19.4 Å². The van der Waals surface area contributed by atoms with Gasteiger partial charge in [0.05, 0.1) is 12.8 Å². The van der Waals surface area contributed by atoms with Crippen LogP contribution >= 0.6 is 0 Å². The largest absolute Gasteiger partial charge is 0.505 e. The highest BCUT2D eigenvalue weighted by Gasteiger charge is 2.34. The van der Waals surface area contributed by atoms with Crippen molar-refractivity contribution in [2.45, 2.75) is 25.7 Å². The Bertz CT molecular complexity index is 1220. The van der Waals surface area contributed by atoms with E-state index in [1.807, 2.05) is 66.7 Å². The molecular formula is C26H23NO4. The average Bonchev–Trinajstić information content (AvgIpc) is 3.09. The molecule has 1 aliphatic heterocycles. The Hall–Kier alpha value is -3.73. The van der Waals surface area contributed by atoms with Gasteiger partial charge in [-0.05, 0) is 46.9 Å². The lowest BCUT2D eigenvalue weighted by atomic mass is 9.90. The van der Waals surface area contributed by atoms with E-state index < -0.39 is 17.6 Å². The number of Topliss-reactive ketones (excluding diaryl/α,β-unsaturated/α-hetero) is 1. The maximum Gasteiger partial charge on any atom is 0.284 e. The van der Waals surface area contributed by atoms with Gasteiger partial charge in [-0.2, -0.15) is 0 Å². The van der Waals surface area contributed by atoms with Crippen LogP contribution in [-0.4, -0.2) is 29.6 Å². The van der Waals surface area contributed by atoms with E-state index in [0.29, 0.717) is 12.8 Å². The monoisotopic (exact) mass is 413 g/mol. The number of hydrogen-bond donors (Lipinski definition) is 1. The Morgan fingerprint density at radius 2 is 1.71 bits per heavy atom. The molecule has 3 aromatic carbocycles. The molecule has 1 unspecified atom stereocenters. The number of carbonyl (C=O) groups is 2. The molecule has 1 N–H and O–H groups in total. The van der Waals surface area contributed by atoms with Crippen LogP contribution in [0.15, 0.2) is 83.1 Å². The molecule has 0 radical (unpaired) electrons. The third kappa shape index (κ3) is 4.12. The molecule has 156 valence electrons. The van der Waals surface area contributed by atoms with E-state index in [1.165, 1.54) is 0 Å². The zero-order valence-electron chi connectivity index (χ0n) is 17.5. The summed E-state index contributed by atoms with van der Waals surface area (Å²) in [6, 6.07) is 21.2. The van der Waals surface area contributed by atoms with Crippen molar-refractivity contribution in [3.8, 4) is 5.75 Å². The number of ketones is 1. The molecule has 31 heavy (non-hydrogen) atoms. The van der Waals surface area contributed by atoms with Gasteiger partial charge in [0.15, 0.2) is 11.5 Å². The Balaban J connectivity index is 1.54. The molecule has 0 aromatic heterocycles. The Morgan fingerprint density at radius 1 is 1.00 bits per heavy atom. The highest BCUT2D eigenvalue weighted by molar-refractivity contribution is 6.32. The summed E-state index contributed by atoms with van der Waals surface area (Å²) in [5.41, 5.74) is 1.90. The van der Waals surface area contributed by atoms with E-state index in [4.69, 9.17) is 4.74 Å². The molecule has 5 nitrogen and oxygen atoms in total. The molecule has 0 fully saturated rings. The summed E-state index contributed by atoms with van der Waals surface area (Å²) >= 11 is 0. The van der Waals surface area contributed by atoms with Gasteiger partial charge < -0.3 is 9.84 Å². The molecule has 0 spiro atoms. The lowest BCUT2D eigenvalue weighted by Gasteiger charge is -2.12. The molecule has 1 atom stereocenters. The summed E-state index contributed by atoms with van der Waals surface area (Å²) in [6.45, 7) is 1.74. The molecule has 1 amide bonds. The zero-order chi connectivity index (χ0) is 22.0. The number of aryl methyl sites for hydroxylation is 1. The number of aliphatic imine (C=N–C) groups is 1. The second kappa shape index (κ2) is 8.56. The smallest absolute Gasteiger partial charge is 0.284 e. The minimum Gasteiger partial charge on any atom is -0.505 e. The van der Waals surface area contributed by atoms with Crippen LogP contribution in [0.1, 0.15) is 30.4 Å². The van der Waals surface area contributed by atoms with Crippen LogP contribution in [0, 0.1) is 0 Å². The molecule has 0 saturated carbocycles. The van der Waals surface area contributed by atoms with Gasteiger partial charge in [-0.1, -0.05) is 61.5 Å². The standard InChI is InChI=1S/C26H23NO4/c1-16(18-9-10-20-15-21(31-2)12-11-19(20)14-18)24(28)23-25(29)22(27-26(23)30)13-8-17-6-4-3-5-7-17/h3-7,9-12,14-16,29H,8,13H2,1-2H3. The van der Waals surface area contributed by atoms with Crippen LogP contribution in [0.3, 0.4) is 0 Å². The van der Waals surface area contributed by atoms with Gasteiger partial charge in [0.25, 0.3) is 5.91 Å².